The van der Waals surface area contributed by atoms with E-state index in [0.29, 0.717) is 0 Å². The number of thiophene rings is 1. The molecule has 2 heterocycles. The molecule has 3 rings (SSSR count). The van der Waals surface area contributed by atoms with Gasteiger partial charge in [-0.1, -0.05) is 36.2 Å². The van der Waals surface area contributed by atoms with Gasteiger partial charge in [-0.2, -0.15) is 0 Å². The van der Waals surface area contributed by atoms with E-state index in [9.17, 15) is 4.79 Å². The van der Waals surface area contributed by atoms with Crippen LogP contribution in [0.5, 0.6) is 0 Å². The molecule has 1 atom stereocenters. The topological polar surface area (TPSA) is 29.5 Å². The number of hydrogen-bond acceptors (Lipinski definition) is 4. The van der Waals surface area contributed by atoms with Gasteiger partial charge in [-0.3, -0.25) is 9.69 Å². The van der Waals surface area contributed by atoms with Crippen molar-refractivity contribution in [3.8, 4) is 0 Å². The quantitative estimate of drug-likeness (QED) is 0.797. The molecule has 0 amide bonds. The van der Waals surface area contributed by atoms with Gasteiger partial charge in [-0.15, -0.1) is 11.3 Å². The number of benzene rings is 1. The Morgan fingerprint density at radius 1 is 1.43 bits per heavy atom. The fourth-order valence-electron chi connectivity index (χ4n) is 2.93. The van der Waals surface area contributed by atoms with E-state index in [-0.39, 0.29) is 12.0 Å². The number of nitrogens with zero attached hydrogens (tertiary/aromatic N) is 1. The molecule has 3 nitrogen and oxygen atoms in total. The molecule has 1 fully saturated rings. The van der Waals surface area contributed by atoms with Crippen LogP contribution >= 0.6 is 22.9 Å². The molecule has 2 aromatic rings. The lowest BCUT2D eigenvalue weighted by atomic mass is 10.0. The minimum atomic E-state index is -0.134. The molecule has 0 spiro atoms. The van der Waals surface area contributed by atoms with Crippen molar-refractivity contribution in [3.05, 3.63) is 34.2 Å². The van der Waals surface area contributed by atoms with E-state index in [2.05, 4.69) is 11.0 Å². The SMILES string of the molecule is COC(=O)C1CCCCN1Cc1sc2ccccc2c1Cl. The minimum Gasteiger partial charge on any atom is -0.468 e. The summed E-state index contributed by atoms with van der Waals surface area (Å²) in [4.78, 5) is 15.3. The number of carbonyl (C=O) groups is 1. The molecule has 0 saturated carbocycles. The van der Waals surface area contributed by atoms with E-state index in [1.165, 1.54) is 11.8 Å². The molecule has 0 radical (unpaired) electrons. The van der Waals surface area contributed by atoms with E-state index in [1.807, 2.05) is 18.2 Å². The van der Waals surface area contributed by atoms with Gasteiger partial charge < -0.3 is 4.74 Å². The Bertz CT molecular complexity index is 655. The fraction of sp³-hybridized carbons (Fsp3) is 0.438. The number of esters is 1. The average molecular weight is 324 g/mol. The summed E-state index contributed by atoms with van der Waals surface area (Å²) in [5, 5.41) is 1.93. The van der Waals surface area contributed by atoms with Crippen LogP contribution in [-0.4, -0.2) is 30.6 Å². The van der Waals surface area contributed by atoms with Crippen LogP contribution in [0.15, 0.2) is 24.3 Å². The minimum absolute atomic E-state index is 0.132. The maximum absolute atomic E-state index is 11.9. The highest BCUT2D eigenvalue weighted by atomic mass is 35.5. The first-order valence-electron chi connectivity index (χ1n) is 7.18. The molecule has 1 unspecified atom stereocenters. The normalized spacial score (nSPS) is 19.8. The predicted octanol–water partition coefficient (Wildman–Crippen LogP) is 4.08. The number of carbonyl (C=O) groups excluding carboxylic acids is 1. The molecule has 21 heavy (non-hydrogen) atoms. The molecule has 0 N–H and O–H groups in total. The number of methoxy groups -OCH3 is 1. The second kappa shape index (κ2) is 6.34. The Morgan fingerprint density at radius 2 is 2.24 bits per heavy atom. The maximum Gasteiger partial charge on any atom is 0.323 e. The van der Waals surface area contributed by atoms with Crippen molar-refractivity contribution in [1.29, 1.82) is 0 Å². The lowest BCUT2D eigenvalue weighted by molar-refractivity contribution is -0.148. The number of halogens is 1. The van der Waals surface area contributed by atoms with Gasteiger partial charge in [-0.25, -0.2) is 0 Å². The second-order valence-corrected chi connectivity index (χ2v) is 6.86. The van der Waals surface area contributed by atoms with Gasteiger partial charge in [0.2, 0.25) is 0 Å². The Labute approximate surface area is 133 Å². The first-order chi connectivity index (χ1) is 10.2. The molecule has 1 aliphatic rings. The van der Waals surface area contributed by atoms with Crippen LogP contribution in [0.3, 0.4) is 0 Å². The molecule has 1 saturated heterocycles. The molecule has 1 aliphatic heterocycles. The molecule has 5 heteroatoms. The lowest BCUT2D eigenvalue weighted by Crippen LogP contribution is -2.44. The highest BCUT2D eigenvalue weighted by Crippen LogP contribution is 2.36. The summed E-state index contributed by atoms with van der Waals surface area (Å²) in [5.41, 5.74) is 0. The summed E-state index contributed by atoms with van der Waals surface area (Å²) in [6.07, 6.45) is 3.07. The van der Waals surface area contributed by atoms with E-state index in [0.717, 1.165) is 47.6 Å². The summed E-state index contributed by atoms with van der Waals surface area (Å²) in [7, 11) is 1.46. The molecule has 1 aromatic heterocycles. The first-order valence-corrected chi connectivity index (χ1v) is 8.38. The summed E-state index contributed by atoms with van der Waals surface area (Å²) < 4.78 is 6.13. The molecule has 0 bridgehead atoms. The van der Waals surface area contributed by atoms with Crippen LogP contribution in [0.25, 0.3) is 10.1 Å². The fourth-order valence-corrected chi connectivity index (χ4v) is 4.45. The van der Waals surface area contributed by atoms with E-state index in [1.54, 1.807) is 11.3 Å². The van der Waals surface area contributed by atoms with Crippen LogP contribution < -0.4 is 0 Å². The van der Waals surface area contributed by atoms with Gasteiger partial charge in [-0.05, 0) is 25.5 Å². The number of piperidine rings is 1. The molecule has 112 valence electrons. The summed E-state index contributed by atoms with van der Waals surface area (Å²) >= 11 is 8.22. The number of ether oxygens (including phenoxy) is 1. The van der Waals surface area contributed by atoms with Crippen molar-refractivity contribution in [2.24, 2.45) is 0 Å². The average Bonchev–Trinajstić information content (AvgIpc) is 2.84. The Balaban J connectivity index is 1.86. The molecule has 1 aromatic carbocycles. The summed E-state index contributed by atoms with van der Waals surface area (Å²) in [6.45, 7) is 1.64. The highest BCUT2D eigenvalue weighted by molar-refractivity contribution is 7.19. The van der Waals surface area contributed by atoms with Crippen molar-refractivity contribution in [2.75, 3.05) is 13.7 Å². The highest BCUT2D eigenvalue weighted by Gasteiger charge is 2.30. The van der Waals surface area contributed by atoms with Gasteiger partial charge in [0.05, 0.1) is 12.1 Å². The summed E-state index contributed by atoms with van der Waals surface area (Å²) in [5.74, 6) is -0.132. The van der Waals surface area contributed by atoms with E-state index < -0.39 is 0 Å². The van der Waals surface area contributed by atoms with Gasteiger partial charge in [0.15, 0.2) is 0 Å². The summed E-state index contributed by atoms with van der Waals surface area (Å²) in [6, 6.07) is 8.03. The Morgan fingerprint density at radius 3 is 3.00 bits per heavy atom. The van der Waals surface area contributed by atoms with Crippen LogP contribution in [0.1, 0.15) is 24.1 Å². The lowest BCUT2D eigenvalue weighted by Gasteiger charge is -2.33. The van der Waals surface area contributed by atoms with Crippen LogP contribution in [0.4, 0.5) is 0 Å². The number of rotatable bonds is 3. The van der Waals surface area contributed by atoms with Crippen LogP contribution in [0, 0.1) is 0 Å². The Hall–Kier alpha value is -1.10. The Kier molecular flexibility index (Phi) is 4.48. The third-order valence-corrected chi connectivity index (χ3v) is 5.73. The van der Waals surface area contributed by atoms with Gasteiger partial charge >= 0.3 is 5.97 Å². The predicted molar refractivity (Wildman–Crippen MR) is 86.9 cm³/mol. The zero-order valence-corrected chi connectivity index (χ0v) is 13.5. The monoisotopic (exact) mass is 323 g/mol. The third-order valence-electron chi connectivity index (χ3n) is 4.04. The smallest absolute Gasteiger partial charge is 0.323 e. The third kappa shape index (κ3) is 2.93. The van der Waals surface area contributed by atoms with Crippen LogP contribution in [0.2, 0.25) is 5.02 Å². The molecular weight excluding hydrogens is 306 g/mol. The number of hydrogen-bond donors (Lipinski definition) is 0. The largest absolute Gasteiger partial charge is 0.468 e. The van der Waals surface area contributed by atoms with E-state index >= 15 is 0 Å². The van der Waals surface area contributed by atoms with E-state index in [4.69, 9.17) is 16.3 Å². The first kappa shape index (κ1) is 14.8. The van der Waals surface area contributed by atoms with Crippen molar-refractivity contribution in [3.63, 3.8) is 0 Å². The van der Waals surface area contributed by atoms with Crippen molar-refractivity contribution < 1.29 is 9.53 Å². The van der Waals surface area contributed by atoms with Crippen molar-refractivity contribution in [1.82, 2.24) is 4.90 Å². The van der Waals surface area contributed by atoms with Crippen molar-refractivity contribution >= 4 is 39.0 Å². The van der Waals surface area contributed by atoms with Gasteiger partial charge in [0, 0.05) is 21.5 Å². The maximum atomic E-state index is 11.9. The molecule has 0 aliphatic carbocycles. The van der Waals surface area contributed by atoms with Gasteiger partial charge in [0.1, 0.15) is 6.04 Å². The zero-order chi connectivity index (χ0) is 14.8. The molecular formula is C16H18ClNO2S. The van der Waals surface area contributed by atoms with Crippen LogP contribution in [-0.2, 0) is 16.1 Å². The van der Waals surface area contributed by atoms with Gasteiger partial charge in [0.25, 0.3) is 0 Å². The van der Waals surface area contributed by atoms with Crippen molar-refractivity contribution in [2.45, 2.75) is 31.8 Å². The number of fused-ring (bicyclic) bond motifs is 1. The second-order valence-electron chi connectivity index (χ2n) is 5.34. The number of likely N-dealkylation sites (tertiary alicyclic amines) is 1. The zero-order valence-electron chi connectivity index (χ0n) is 12.0. The standard InChI is InChI=1S/C16H18ClNO2S/c1-20-16(19)12-7-4-5-9-18(12)10-14-15(17)11-6-2-3-8-13(11)21-14/h2-3,6,8,12H,4-5,7,9-10H2,1H3.